The number of rotatable bonds is 3. The van der Waals surface area contributed by atoms with Crippen LogP contribution >= 0.6 is 0 Å². The van der Waals surface area contributed by atoms with E-state index in [2.05, 4.69) is 22.2 Å². The number of pyridine rings is 1. The van der Waals surface area contributed by atoms with Crippen molar-refractivity contribution in [2.45, 2.75) is 18.9 Å². The van der Waals surface area contributed by atoms with Crippen LogP contribution in [0.3, 0.4) is 0 Å². The molecular weight excluding hydrogens is 193 g/mol. The second kappa shape index (κ2) is 4.57. The molecule has 1 aromatic rings. The van der Waals surface area contributed by atoms with Crippen LogP contribution in [0.1, 0.15) is 12.8 Å². The molecule has 0 saturated carbocycles. The predicted molar refractivity (Wildman–Crippen MR) is 58.3 cm³/mol. The van der Waals surface area contributed by atoms with Crippen molar-refractivity contribution in [3.63, 3.8) is 0 Å². The van der Waals surface area contributed by atoms with Gasteiger partial charge in [0, 0.05) is 12.6 Å². The molecule has 4 heteroatoms. The van der Waals surface area contributed by atoms with E-state index in [4.69, 9.17) is 0 Å². The molecule has 15 heavy (non-hydrogen) atoms. The van der Waals surface area contributed by atoms with Crippen LogP contribution in [0.15, 0.2) is 18.2 Å². The second-order valence-corrected chi connectivity index (χ2v) is 4.00. The highest BCUT2D eigenvalue weighted by Crippen LogP contribution is 2.15. The lowest BCUT2D eigenvalue weighted by molar-refractivity contribution is 0.322. The van der Waals surface area contributed by atoms with E-state index in [0.717, 1.165) is 13.1 Å². The van der Waals surface area contributed by atoms with Crippen LogP contribution < -0.4 is 5.32 Å². The summed E-state index contributed by atoms with van der Waals surface area (Å²) in [5.41, 5.74) is 0. The van der Waals surface area contributed by atoms with Gasteiger partial charge in [0.2, 0.25) is 5.95 Å². The van der Waals surface area contributed by atoms with E-state index in [1.165, 1.54) is 18.9 Å². The van der Waals surface area contributed by atoms with Crippen molar-refractivity contribution >= 4 is 5.82 Å². The lowest BCUT2D eigenvalue weighted by Crippen LogP contribution is -2.31. The van der Waals surface area contributed by atoms with Crippen LogP contribution in [0.4, 0.5) is 10.2 Å². The number of anilines is 1. The zero-order chi connectivity index (χ0) is 10.7. The summed E-state index contributed by atoms with van der Waals surface area (Å²) in [5.74, 6) is 0.190. The Balaban J connectivity index is 1.87. The highest BCUT2D eigenvalue weighted by Gasteiger charge is 2.20. The molecule has 2 heterocycles. The number of likely N-dealkylation sites (N-methyl/N-ethyl adjacent to an activating group) is 1. The lowest BCUT2D eigenvalue weighted by atomic mass is 10.2. The Morgan fingerprint density at radius 2 is 2.47 bits per heavy atom. The normalized spacial score (nSPS) is 21.9. The zero-order valence-electron chi connectivity index (χ0n) is 8.91. The van der Waals surface area contributed by atoms with E-state index in [1.54, 1.807) is 12.1 Å². The summed E-state index contributed by atoms with van der Waals surface area (Å²) in [4.78, 5) is 6.09. The fraction of sp³-hybridized carbons (Fsp3) is 0.545. The molecule has 0 amide bonds. The molecule has 1 aliphatic heterocycles. The maximum Gasteiger partial charge on any atom is 0.214 e. The predicted octanol–water partition coefficient (Wildman–Crippen LogP) is 1.73. The van der Waals surface area contributed by atoms with Crippen LogP contribution in [0, 0.1) is 5.95 Å². The molecule has 1 saturated heterocycles. The molecule has 1 aliphatic rings. The lowest BCUT2D eigenvalue weighted by Gasteiger charge is -2.19. The molecule has 0 aromatic carbocycles. The number of nitrogens with one attached hydrogen (secondary N) is 1. The first-order valence-electron chi connectivity index (χ1n) is 5.32. The molecular formula is C11H16FN3. The Morgan fingerprint density at radius 1 is 1.60 bits per heavy atom. The van der Waals surface area contributed by atoms with E-state index in [0.29, 0.717) is 11.9 Å². The monoisotopic (exact) mass is 209 g/mol. The van der Waals surface area contributed by atoms with Gasteiger partial charge in [-0.2, -0.15) is 4.39 Å². The molecule has 0 bridgehead atoms. The average molecular weight is 209 g/mol. The molecule has 1 aromatic heterocycles. The molecule has 1 fully saturated rings. The van der Waals surface area contributed by atoms with Gasteiger partial charge >= 0.3 is 0 Å². The maximum absolute atomic E-state index is 12.8. The molecule has 1 N–H and O–H groups in total. The number of hydrogen-bond acceptors (Lipinski definition) is 3. The van der Waals surface area contributed by atoms with E-state index in [-0.39, 0.29) is 0 Å². The van der Waals surface area contributed by atoms with Crippen molar-refractivity contribution in [2.24, 2.45) is 0 Å². The first-order valence-corrected chi connectivity index (χ1v) is 5.32. The van der Waals surface area contributed by atoms with E-state index < -0.39 is 5.95 Å². The van der Waals surface area contributed by atoms with Gasteiger partial charge in [-0.15, -0.1) is 0 Å². The first-order chi connectivity index (χ1) is 7.25. The summed E-state index contributed by atoms with van der Waals surface area (Å²) in [7, 11) is 2.12. The number of likely N-dealkylation sites (tertiary alicyclic amines) is 1. The van der Waals surface area contributed by atoms with Gasteiger partial charge in [0.05, 0.1) is 0 Å². The number of aromatic nitrogens is 1. The van der Waals surface area contributed by atoms with Crippen LogP contribution in [0.25, 0.3) is 0 Å². The molecule has 0 aliphatic carbocycles. The van der Waals surface area contributed by atoms with Crippen LogP contribution in [-0.4, -0.2) is 36.1 Å². The van der Waals surface area contributed by atoms with Gasteiger partial charge in [0.15, 0.2) is 0 Å². The Labute approximate surface area is 89.3 Å². The highest BCUT2D eigenvalue weighted by atomic mass is 19.1. The first kappa shape index (κ1) is 10.4. The fourth-order valence-electron chi connectivity index (χ4n) is 1.97. The minimum Gasteiger partial charge on any atom is -0.368 e. The third kappa shape index (κ3) is 2.65. The van der Waals surface area contributed by atoms with Crippen molar-refractivity contribution in [1.82, 2.24) is 9.88 Å². The number of hydrogen-bond donors (Lipinski definition) is 1. The van der Waals surface area contributed by atoms with E-state index in [1.807, 2.05) is 0 Å². The summed E-state index contributed by atoms with van der Waals surface area (Å²) in [6.07, 6.45) is 2.46. The third-order valence-corrected chi connectivity index (χ3v) is 2.91. The fourth-order valence-corrected chi connectivity index (χ4v) is 1.97. The minimum atomic E-state index is -0.431. The number of halogens is 1. The summed E-state index contributed by atoms with van der Waals surface area (Å²) >= 11 is 0. The molecule has 82 valence electrons. The smallest absolute Gasteiger partial charge is 0.214 e. The largest absolute Gasteiger partial charge is 0.368 e. The molecule has 1 unspecified atom stereocenters. The number of nitrogens with zero attached hydrogens (tertiary/aromatic N) is 2. The van der Waals surface area contributed by atoms with Crippen molar-refractivity contribution in [3.8, 4) is 0 Å². The molecule has 3 nitrogen and oxygen atoms in total. The SMILES string of the molecule is CN1CCCC1CNc1cccc(F)n1. The molecule has 1 atom stereocenters. The van der Waals surface area contributed by atoms with E-state index >= 15 is 0 Å². The van der Waals surface area contributed by atoms with Crippen LogP contribution in [-0.2, 0) is 0 Å². The Bertz CT molecular complexity index is 329. The second-order valence-electron chi connectivity index (χ2n) is 4.00. The van der Waals surface area contributed by atoms with Crippen molar-refractivity contribution < 1.29 is 4.39 Å². The molecule has 0 radical (unpaired) electrons. The summed E-state index contributed by atoms with van der Waals surface area (Å²) < 4.78 is 12.8. The summed E-state index contributed by atoms with van der Waals surface area (Å²) in [6.45, 7) is 2.00. The van der Waals surface area contributed by atoms with Crippen LogP contribution in [0.2, 0.25) is 0 Å². The van der Waals surface area contributed by atoms with Crippen LogP contribution in [0.5, 0.6) is 0 Å². The topological polar surface area (TPSA) is 28.2 Å². The van der Waals surface area contributed by atoms with Gasteiger partial charge in [0.1, 0.15) is 5.82 Å². The third-order valence-electron chi connectivity index (χ3n) is 2.91. The average Bonchev–Trinajstić information content (AvgIpc) is 2.61. The van der Waals surface area contributed by atoms with Crippen molar-refractivity contribution in [1.29, 1.82) is 0 Å². The van der Waals surface area contributed by atoms with Crippen molar-refractivity contribution in [2.75, 3.05) is 25.5 Å². The summed E-state index contributed by atoms with van der Waals surface area (Å²) in [5, 5.41) is 3.17. The van der Waals surface area contributed by atoms with Gasteiger partial charge in [-0.3, -0.25) is 0 Å². The Hall–Kier alpha value is -1.16. The Kier molecular flexibility index (Phi) is 3.16. The standard InChI is InChI=1S/C11H16FN3/c1-15-7-3-4-9(15)8-13-11-6-2-5-10(12)14-11/h2,5-6,9H,3-4,7-8H2,1H3,(H,13,14). The Morgan fingerprint density at radius 3 is 3.13 bits per heavy atom. The van der Waals surface area contributed by atoms with Gasteiger partial charge in [-0.25, -0.2) is 4.98 Å². The maximum atomic E-state index is 12.8. The quantitative estimate of drug-likeness (QED) is 0.768. The highest BCUT2D eigenvalue weighted by molar-refractivity contribution is 5.33. The van der Waals surface area contributed by atoms with E-state index in [9.17, 15) is 4.39 Å². The summed E-state index contributed by atoms with van der Waals surface area (Å²) in [6, 6.07) is 5.36. The van der Waals surface area contributed by atoms with Gasteiger partial charge in [0.25, 0.3) is 0 Å². The van der Waals surface area contributed by atoms with Gasteiger partial charge in [-0.1, -0.05) is 6.07 Å². The molecule has 2 rings (SSSR count). The zero-order valence-corrected chi connectivity index (χ0v) is 8.91. The molecule has 0 spiro atoms. The van der Waals surface area contributed by atoms with Gasteiger partial charge in [-0.05, 0) is 38.6 Å². The van der Waals surface area contributed by atoms with Crippen molar-refractivity contribution in [3.05, 3.63) is 24.1 Å². The van der Waals surface area contributed by atoms with Gasteiger partial charge < -0.3 is 10.2 Å². The minimum absolute atomic E-state index is 0.431.